The van der Waals surface area contributed by atoms with Gasteiger partial charge in [0.2, 0.25) is 0 Å². The Morgan fingerprint density at radius 1 is 1.50 bits per heavy atom. The van der Waals surface area contributed by atoms with Crippen molar-refractivity contribution in [2.24, 2.45) is 0 Å². The molecule has 10 heavy (non-hydrogen) atoms. The zero-order valence-electron chi connectivity index (χ0n) is 5.26. The summed E-state index contributed by atoms with van der Waals surface area (Å²) in [5.41, 5.74) is 1.59. The van der Waals surface area contributed by atoms with E-state index in [4.69, 9.17) is 5.26 Å². The van der Waals surface area contributed by atoms with Crippen molar-refractivity contribution in [1.82, 2.24) is 0 Å². The number of rotatable bonds is 0. The van der Waals surface area contributed by atoms with E-state index < -0.39 is 0 Å². The monoisotopic (exact) mass is 242 g/mol. The van der Waals surface area contributed by atoms with Crippen molar-refractivity contribution in [1.29, 1.82) is 5.26 Å². The first kappa shape index (κ1) is 7.55. The summed E-state index contributed by atoms with van der Waals surface area (Å²) < 4.78 is 0.979. The van der Waals surface area contributed by atoms with Gasteiger partial charge in [-0.05, 0) is 47.2 Å². The largest absolute Gasteiger partial charge is 0.192 e. The third-order valence-electron chi connectivity index (χ3n) is 1.15. The number of nitriles is 1. The topological polar surface area (TPSA) is 23.8 Å². The van der Waals surface area contributed by atoms with Crippen molar-refractivity contribution >= 4 is 22.6 Å². The second-order valence-corrected chi connectivity index (χ2v) is 3.09. The summed E-state index contributed by atoms with van der Waals surface area (Å²) in [5, 5.41) is 8.56. The van der Waals surface area contributed by atoms with Crippen molar-refractivity contribution in [2.45, 2.75) is 0 Å². The molecule has 0 N–H and O–H groups in total. The van der Waals surface area contributed by atoms with Gasteiger partial charge in [0, 0.05) is 3.57 Å². The minimum Gasteiger partial charge on any atom is -0.192 e. The molecule has 0 aromatic heterocycles. The molecule has 1 radical (unpaired) electrons. The molecular weight excluding hydrogens is 237 g/mol. The van der Waals surface area contributed by atoms with Gasteiger partial charge in [-0.25, -0.2) is 0 Å². The highest BCUT2D eigenvalue weighted by atomic mass is 127. The predicted octanol–water partition coefficient (Wildman–Crippen LogP) is 2.35. The van der Waals surface area contributed by atoms with Crippen LogP contribution in [0.5, 0.6) is 0 Å². The zero-order valence-corrected chi connectivity index (χ0v) is 7.42. The molecule has 49 valence electrons. The molecule has 0 saturated heterocycles. The van der Waals surface area contributed by atoms with Crippen LogP contribution < -0.4 is 0 Å². The van der Waals surface area contributed by atoms with E-state index in [9.17, 15) is 0 Å². The van der Waals surface area contributed by atoms with Crippen molar-refractivity contribution in [3.05, 3.63) is 39.8 Å². The van der Waals surface area contributed by atoms with E-state index >= 15 is 0 Å². The second-order valence-electron chi connectivity index (χ2n) is 1.93. The Labute approximate surface area is 73.8 Å². The molecule has 0 unspecified atom stereocenters. The number of halogens is 1. The lowest BCUT2D eigenvalue weighted by Gasteiger charge is -1.94. The van der Waals surface area contributed by atoms with Crippen LogP contribution in [-0.2, 0) is 0 Å². The second kappa shape index (κ2) is 3.02. The molecule has 0 atom stereocenters. The summed E-state index contributed by atoms with van der Waals surface area (Å²) in [6.45, 7) is 3.72. The molecule has 0 heterocycles. The van der Waals surface area contributed by atoms with Crippen LogP contribution in [0, 0.1) is 21.8 Å². The van der Waals surface area contributed by atoms with E-state index in [1.807, 2.05) is 12.1 Å². The van der Waals surface area contributed by atoms with Crippen molar-refractivity contribution in [2.75, 3.05) is 0 Å². The lowest BCUT2D eigenvalue weighted by Crippen LogP contribution is -1.81. The molecule has 0 spiro atoms. The van der Waals surface area contributed by atoms with E-state index in [0.29, 0.717) is 5.56 Å². The van der Waals surface area contributed by atoms with Gasteiger partial charge < -0.3 is 0 Å². The van der Waals surface area contributed by atoms with E-state index in [2.05, 4.69) is 35.6 Å². The maximum atomic E-state index is 8.56. The van der Waals surface area contributed by atoms with Crippen LogP contribution in [0.15, 0.2) is 18.2 Å². The Morgan fingerprint density at radius 2 is 2.20 bits per heavy atom. The Hall–Kier alpha value is -0.560. The fourth-order valence-corrected chi connectivity index (χ4v) is 1.11. The molecule has 0 aliphatic heterocycles. The average Bonchev–Trinajstić information content (AvgIpc) is 1.94. The van der Waals surface area contributed by atoms with Gasteiger partial charge in [-0.1, -0.05) is 6.07 Å². The van der Waals surface area contributed by atoms with E-state index in [0.717, 1.165) is 9.13 Å². The van der Waals surface area contributed by atoms with Gasteiger partial charge in [-0.2, -0.15) is 5.26 Å². The number of benzene rings is 1. The van der Waals surface area contributed by atoms with Crippen LogP contribution in [0.25, 0.3) is 0 Å². The SMILES string of the molecule is [CH2]c1ccc(I)c(C#N)c1. The van der Waals surface area contributed by atoms with Crippen LogP contribution in [0.3, 0.4) is 0 Å². The lowest BCUT2D eigenvalue weighted by atomic mass is 10.2. The van der Waals surface area contributed by atoms with Crippen molar-refractivity contribution < 1.29 is 0 Å². The highest BCUT2D eigenvalue weighted by Crippen LogP contribution is 2.12. The molecule has 0 amide bonds. The first-order chi connectivity index (χ1) is 4.74. The summed E-state index contributed by atoms with van der Waals surface area (Å²) in [7, 11) is 0. The molecule has 0 bridgehead atoms. The van der Waals surface area contributed by atoms with Gasteiger partial charge in [0.15, 0.2) is 0 Å². The third kappa shape index (κ3) is 1.48. The summed E-state index contributed by atoms with van der Waals surface area (Å²) in [5.74, 6) is 0. The van der Waals surface area contributed by atoms with E-state index in [-0.39, 0.29) is 0 Å². The van der Waals surface area contributed by atoms with Gasteiger partial charge in [-0.3, -0.25) is 0 Å². The molecule has 1 aromatic carbocycles. The Kier molecular flexibility index (Phi) is 2.28. The molecule has 1 aromatic rings. The smallest absolute Gasteiger partial charge is 0.100 e. The molecule has 1 nitrogen and oxygen atoms in total. The normalized spacial score (nSPS) is 8.90. The van der Waals surface area contributed by atoms with Crippen molar-refractivity contribution in [3.8, 4) is 6.07 Å². The summed E-state index contributed by atoms with van der Waals surface area (Å²) in [4.78, 5) is 0. The maximum absolute atomic E-state index is 8.56. The first-order valence-corrected chi connectivity index (χ1v) is 3.83. The standard InChI is InChI=1S/C8H5IN/c1-6-2-3-8(9)7(4-6)5-10/h2-4H,1H2. The third-order valence-corrected chi connectivity index (χ3v) is 2.09. The Morgan fingerprint density at radius 3 is 2.70 bits per heavy atom. The molecular formula is C8H5IN. The first-order valence-electron chi connectivity index (χ1n) is 2.75. The van der Waals surface area contributed by atoms with Crippen LogP contribution in [0.2, 0.25) is 0 Å². The van der Waals surface area contributed by atoms with Gasteiger partial charge in [0.05, 0.1) is 5.56 Å². The van der Waals surface area contributed by atoms with E-state index in [1.165, 1.54) is 0 Å². The molecule has 0 fully saturated rings. The molecule has 0 aliphatic carbocycles. The van der Waals surface area contributed by atoms with E-state index in [1.54, 1.807) is 6.07 Å². The van der Waals surface area contributed by atoms with Gasteiger partial charge >= 0.3 is 0 Å². The minimum absolute atomic E-state index is 0.702. The zero-order chi connectivity index (χ0) is 7.56. The fraction of sp³-hybridized carbons (Fsp3) is 0. The lowest BCUT2D eigenvalue weighted by molar-refractivity contribution is 1.45. The summed E-state index contributed by atoms with van der Waals surface area (Å²) in [6, 6.07) is 7.65. The predicted molar refractivity (Wildman–Crippen MR) is 48.3 cm³/mol. The molecule has 0 saturated carbocycles. The Balaban J connectivity index is 3.25. The highest BCUT2D eigenvalue weighted by Gasteiger charge is 1.95. The summed E-state index contributed by atoms with van der Waals surface area (Å²) >= 11 is 2.13. The highest BCUT2D eigenvalue weighted by molar-refractivity contribution is 14.1. The molecule has 0 aliphatic rings. The van der Waals surface area contributed by atoms with Gasteiger partial charge in [0.1, 0.15) is 6.07 Å². The van der Waals surface area contributed by atoms with Crippen LogP contribution in [0.4, 0.5) is 0 Å². The number of hydrogen-bond donors (Lipinski definition) is 0. The van der Waals surface area contributed by atoms with Crippen LogP contribution >= 0.6 is 22.6 Å². The van der Waals surface area contributed by atoms with Gasteiger partial charge in [0.25, 0.3) is 0 Å². The number of nitrogens with zero attached hydrogens (tertiary/aromatic N) is 1. The quantitative estimate of drug-likeness (QED) is 0.640. The molecule has 2 heteroatoms. The fourth-order valence-electron chi connectivity index (χ4n) is 0.658. The maximum Gasteiger partial charge on any atom is 0.100 e. The van der Waals surface area contributed by atoms with Crippen LogP contribution in [-0.4, -0.2) is 0 Å². The average molecular weight is 242 g/mol. The van der Waals surface area contributed by atoms with Crippen molar-refractivity contribution in [3.63, 3.8) is 0 Å². The molecule has 1 rings (SSSR count). The Bertz CT molecular complexity index is 286. The van der Waals surface area contributed by atoms with Crippen LogP contribution in [0.1, 0.15) is 11.1 Å². The summed E-state index contributed by atoms with van der Waals surface area (Å²) in [6.07, 6.45) is 0. The minimum atomic E-state index is 0.702. The van der Waals surface area contributed by atoms with Gasteiger partial charge in [-0.15, -0.1) is 0 Å². The number of hydrogen-bond acceptors (Lipinski definition) is 1.